The summed E-state index contributed by atoms with van der Waals surface area (Å²) in [5.74, 6) is 0.793. The SMILES string of the molecule is CC(C)CCN1CCN(C(C)(C)C(N)=S)CC1. The number of thiocarbonyl (C=S) groups is 1. The zero-order valence-corrected chi connectivity index (χ0v) is 12.5. The number of nitrogens with zero attached hydrogens (tertiary/aromatic N) is 2. The predicted molar refractivity (Wildman–Crippen MR) is 78.3 cm³/mol. The molecule has 0 radical (unpaired) electrons. The van der Waals surface area contributed by atoms with Crippen molar-refractivity contribution in [1.82, 2.24) is 9.80 Å². The average Bonchev–Trinajstić information content (AvgIpc) is 2.26. The second kappa shape index (κ2) is 6.12. The van der Waals surface area contributed by atoms with Gasteiger partial charge in [0, 0.05) is 26.2 Å². The quantitative estimate of drug-likeness (QED) is 0.760. The fourth-order valence-corrected chi connectivity index (χ4v) is 2.26. The van der Waals surface area contributed by atoms with Crippen LogP contribution in [0.5, 0.6) is 0 Å². The first-order valence-electron chi connectivity index (χ1n) is 6.61. The summed E-state index contributed by atoms with van der Waals surface area (Å²) in [6, 6.07) is 0. The van der Waals surface area contributed by atoms with Crippen LogP contribution in [-0.4, -0.2) is 53.1 Å². The van der Waals surface area contributed by atoms with Crippen molar-refractivity contribution >= 4 is 17.2 Å². The van der Waals surface area contributed by atoms with Gasteiger partial charge in [-0.3, -0.25) is 4.90 Å². The van der Waals surface area contributed by atoms with Crippen LogP contribution in [0, 0.1) is 5.92 Å². The van der Waals surface area contributed by atoms with Crippen molar-refractivity contribution < 1.29 is 0 Å². The standard InChI is InChI=1S/C13H27N3S/c1-11(2)5-6-15-7-9-16(10-8-15)13(3,4)12(14)17/h11H,5-10H2,1-4H3,(H2,14,17). The van der Waals surface area contributed by atoms with E-state index in [1.54, 1.807) is 0 Å². The number of piperazine rings is 1. The molecular weight excluding hydrogens is 230 g/mol. The van der Waals surface area contributed by atoms with Crippen molar-refractivity contribution in [2.75, 3.05) is 32.7 Å². The van der Waals surface area contributed by atoms with Gasteiger partial charge in [-0.05, 0) is 32.7 Å². The molecule has 1 saturated heterocycles. The first-order chi connectivity index (χ1) is 7.84. The highest BCUT2D eigenvalue weighted by molar-refractivity contribution is 7.80. The molecule has 0 saturated carbocycles. The molecule has 100 valence electrons. The molecule has 0 unspecified atom stereocenters. The summed E-state index contributed by atoms with van der Waals surface area (Å²) < 4.78 is 0. The van der Waals surface area contributed by atoms with E-state index in [-0.39, 0.29) is 5.54 Å². The van der Waals surface area contributed by atoms with Gasteiger partial charge in [0.15, 0.2) is 0 Å². The van der Waals surface area contributed by atoms with Gasteiger partial charge in [0.05, 0.1) is 10.5 Å². The fraction of sp³-hybridized carbons (Fsp3) is 0.923. The maximum atomic E-state index is 5.81. The molecule has 1 aliphatic rings. The van der Waals surface area contributed by atoms with Crippen LogP contribution >= 0.6 is 12.2 Å². The largest absolute Gasteiger partial charge is 0.392 e. The Labute approximate surface area is 111 Å². The number of hydrogen-bond donors (Lipinski definition) is 1. The Morgan fingerprint density at radius 1 is 1.24 bits per heavy atom. The van der Waals surface area contributed by atoms with Gasteiger partial charge in [0.2, 0.25) is 0 Å². The molecule has 0 amide bonds. The first-order valence-corrected chi connectivity index (χ1v) is 7.02. The minimum atomic E-state index is -0.139. The van der Waals surface area contributed by atoms with Crippen molar-refractivity contribution in [3.63, 3.8) is 0 Å². The normalized spacial score (nSPS) is 19.8. The summed E-state index contributed by atoms with van der Waals surface area (Å²) in [5, 5.41) is 0. The molecule has 1 aliphatic heterocycles. The van der Waals surface area contributed by atoms with Crippen LogP contribution < -0.4 is 5.73 Å². The molecular formula is C13H27N3S. The molecule has 3 nitrogen and oxygen atoms in total. The van der Waals surface area contributed by atoms with Crippen molar-refractivity contribution in [3.05, 3.63) is 0 Å². The summed E-state index contributed by atoms with van der Waals surface area (Å²) in [6.45, 7) is 14.5. The number of nitrogens with two attached hydrogens (primary N) is 1. The molecule has 17 heavy (non-hydrogen) atoms. The maximum absolute atomic E-state index is 5.81. The van der Waals surface area contributed by atoms with Crippen molar-refractivity contribution in [2.24, 2.45) is 11.7 Å². The lowest BCUT2D eigenvalue weighted by molar-refractivity contribution is 0.0835. The second-order valence-electron chi connectivity index (χ2n) is 5.93. The Balaban J connectivity index is 2.38. The lowest BCUT2D eigenvalue weighted by atomic mass is 10.0. The van der Waals surface area contributed by atoms with Crippen molar-refractivity contribution in [1.29, 1.82) is 0 Å². The summed E-state index contributed by atoms with van der Waals surface area (Å²) in [7, 11) is 0. The molecule has 4 heteroatoms. The second-order valence-corrected chi connectivity index (χ2v) is 6.37. The van der Waals surface area contributed by atoms with Gasteiger partial charge in [-0.1, -0.05) is 26.1 Å². The Morgan fingerprint density at radius 2 is 1.76 bits per heavy atom. The smallest absolute Gasteiger partial charge is 0.0928 e. The lowest BCUT2D eigenvalue weighted by Crippen LogP contribution is -2.59. The van der Waals surface area contributed by atoms with Gasteiger partial charge in [0.25, 0.3) is 0 Å². The van der Waals surface area contributed by atoms with E-state index >= 15 is 0 Å². The number of hydrogen-bond acceptors (Lipinski definition) is 3. The Hall–Kier alpha value is -0.190. The zero-order chi connectivity index (χ0) is 13.1. The molecule has 1 heterocycles. The van der Waals surface area contributed by atoms with E-state index in [0.717, 1.165) is 32.1 Å². The summed E-state index contributed by atoms with van der Waals surface area (Å²) >= 11 is 5.15. The van der Waals surface area contributed by atoms with E-state index in [9.17, 15) is 0 Å². The van der Waals surface area contributed by atoms with E-state index in [0.29, 0.717) is 4.99 Å². The highest BCUT2D eigenvalue weighted by Crippen LogP contribution is 2.17. The van der Waals surface area contributed by atoms with Crippen LogP contribution in [0.3, 0.4) is 0 Å². The van der Waals surface area contributed by atoms with Gasteiger partial charge < -0.3 is 10.6 Å². The van der Waals surface area contributed by atoms with Crippen molar-refractivity contribution in [3.8, 4) is 0 Å². The third-order valence-electron chi connectivity index (χ3n) is 3.79. The number of rotatable bonds is 5. The van der Waals surface area contributed by atoms with E-state index in [1.165, 1.54) is 13.0 Å². The monoisotopic (exact) mass is 257 g/mol. The fourth-order valence-electron chi connectivity index (χ4n) is 2.13. The molecule has 0 aromatic rings. The van der Waals surface area contributed by atoms with Gasteiger partial charge in [-0.25, -0.2) is 0 Å². The Bertz CT molecular complexity index is 255. The minimum absolute atomic E-state index is 0.139. The highest BCUT2D eigenvalue weighted by atomic mass is 32.1. The highest BCUT2D eigenvalue weighted by Gasteiger charge is 2.31. The Kier molecular flexibility index (Phi) is 5.35. The van der Waals surface area contributed by atoms with Crippen LogP contribution in [0.25, 0.3) is 0 Å². The maximum Gasteiger partial charge on any atom is 0.0928 e. The summed E-state index contributed by atoms with van der Waals surface area (Å²) in [6.07, 6.45) is 1.29. The van der Waals surface area contributed by atoms with Crippen LogP contribution in [0.4, 0.5) is 0 Å². The molecule has 0 aliphatic carbocycles. The van der Waals surface area contributed by atoms with Crippen LogP contribution in [0.1, 0.15) is 34.1 Å². The average molecular weight is 257 g/mol. The molecule has 0 spiro atoms. The molecule has 1 rings (SSSR count). The van der Waals surface area contributed by atoms with Gasteiger partial charge >= 0.3 is 0 Å². The van der Waals surface area contributed by atoms with Gasteiger partial charge in [0.1, 0.15) is 0 Å². The zero-order valence-electron chi connectivity index (χ0n) is 11.7. The molecule has 0 aromatic heterocycles. The lowest BCUT2D eigenvalue weighted by Gasteiger charge is -2.43. The van der Waals surface area contributed by atoms with Crippen LogP contribution in [0.2, 0.25) is 0 Å². The third kappa shape index (κ3) is 4.19. The predicted octanol–water partition coefficient (Wildman–Crippen LogP) is 1.71. The summed E-state index contributed by atoms with van der Waals surface area (Å²) in [5.41, 5.74) is 5.67. The first kappa shape index (κ1) is 14.9. The van der Waals surface area contributed by atoms with Gasteiger partial charge in [-0.2, -0.15) is 0 Å². The molecule has 2 N–H and O–H groups in total. The van der Waals surface area contributed by atoms with Crippen LogP contribution in [0.15, 0.2) is 0 Å². The minimum Gasteiger partial charge on any atom is -0.392 e. The van der Waals surface area contributed by atoms with Gasteiger partial charge in [-0.15, -0.1) is 0 Å². The Morgan fingerprint density at radius 3 is 2.18 bits per heavy atom. The molecule has 0 atom stereocenters. The van der Waals surface area contributed by atoms with E-state index in [2.05, 4.69) is 37.5 Å². The van der Waals surface area contributed by atoms with E-state index in [4.69, 9.17) is 18.0 Å². The van der Waals surface area contributed by atoms with E-state index in [1.807, 2.05) is 0 Å². The third-order valence-corrected chi connectivity index (χ3v) is 4.29. The molecule has 1 fully saturated rings. The van der Waals surface area contributed by atoms with Crippen molar-refractivity contribution in [2.45, 2.75) is 39.7 Å². The van der Waals surface area contributed by atoms with Crippen LogP contribution in [-0.2, 0) is 0 Å². The summed E-state index contributed by atoms with van der Waals surface area (Å²) in [4.78, 5) is 5.56. The van der Waals surface area contributed by atoms with E-state index < -0.39 is 0 Å². The molecule has 0 aromatic carbocycles. The molecule has 0 bridgehead atoms. The topological polar surface area (TPSA) is 32.5 Å².